The van der Waals surface area contributed by atoms with Gasteiger partial charge in [0.25, 0.3) is 5.56 Å². The molecule has 0 aliphatic heterocycles. The van der Waals surface area contributed by atoms with Crippen molar-refractivity contribution in [3.05, 3.63) is 52.7 Å². The Morgan fingerprint density at radius 3 is 2.88 bits per heavy atom. The molecule has 0 bridgehead atoms. The number of hydrogen-bond donors (Lipinski definition) is 1. The molecule has 3 heterocycles. The van der Waals surface area contributed by atoms with Gasteiger partial charge in [-0.25, -0.2) is 5.10 Å². The molecule has 25 heavy (non-hydrogen) atoms. The Morgan fingerprint density at radius 1 is 1.28 bits per heavy atom. The number of nitrogens with zero attached hydrogens (tertiary/aromatic N) is 4. The highest BCUT2D eigenvalue weighted by Gasteiger charge is 2.24. The van der Waals surface area contributed by atoms with Crippen molar-refractivity contribution in [2.24, 2.45) is 0 Å². The maximum absolute atomic E-state index is 13.0. The van der Waals surface area contributed by atoms with Crippen LogP contribution in [0, 0.1) is 6.92 Å². The zero-order chi connectivity index (χ0) is 17.6. The van der Waals surface area contributed by atoms with E-state index in [2.05, 4.69) is 15.1 Å². The summed E-state index contributed by atoms with van der Waals surface area (Å²) in [4.78, 5) is 22.0. The number of aromatic amines is 1. The van der Waals surface area contributed by atoms with Gasteiger partial charge < -0.3 is 9.30 Å². The third kappa shape index (κ3) is 2.36. The van der Waals surface area contributed by atoms with Gasteiger partial charge in [-0.3, -0.25) is 4.79 Å². The molecule has 0 atom stereocenters. The summed E-state index contributed by atoms with van der Waals surface area (Å²) >= 11 is 0. The Balaban J connectivity index is 2.22. The SMILES string of the molecule is CCn1ccc2nc3nc(C)[nH][n+]3c(-c3cccc(OC)c3)c2c1=O. The number of rotatable bonds is 3. The second kappa shape index (κ2) is 5.70. The number of benzene rings is 1. The van der Waals surface area contributed by atoms with Crippen LogP contribution in [0.25, 0.3) is 27.9 Å². The van der Waals surface area contributed by atoms with E-state index in [0.29, 0.717) is 23.2 Å². The molecule has 7 heteroatoms. The lowest BCUT2D eigenvalue weighted by Crippen LogP contribution is -2.31. The first kappa shape index (κ1) is 15.3. The van der Waals surface area contributed by atoms with Crippen LogP contribution < -0.4 is 14.8 Å². The maximum Gasteiger partial charge on any atom is 0.458 e. The largest absolute Gasteiger partial charge is 0.497 e. The van der Waals surface area contributed by atoms with Crippen LogP contribution in [-0.2, 0) is 6.54 Å². The molecule has 1 N–H and O–H groups in total. The van der Waals surface area contributed by atoms with Crippen LogP contribution in [0.3, 0.4) is 0 Å². The molecule has 0 spiro atoms. The van der Waals surface area contributed by atoms with E-state index in [4.69, 9.17) is 4.74 Å². The topological polar surface area (TPSA) is 76.9 Å². The van der Waals surface area contributed by atoms with Gasteiger partial charge >= 0.3 is 5.78 Å². The van der Waals surface area contributed by atoms with E-state index < -0.39 is 0 Å². The number of methoxy groups -OCH3 is 1. The minimum Gasteiger partial charge on any atom is -0.497 e. The number of fused-ring (bicyclic) bond motifs is 2. The lowest BCUT2D eigenvalue weighted by Gasteiger charge is -2.08. The predicted octanol–water partition coefficient (Wildman–Crippen LogP) is 1.86. The summed E-state index contributed by atoms with van der Waals surface area (Å²) in [5, 5.41) is 3.73. The molecule has 126 valence electrons. The Hall–Kier alpha value is -3.22. The molecule has 3 aromatic heterocycles. The lowest BCUT2D eigenvalue weighted by molar-refractivity contribution is -0.567. The van der Waals surface area contributed by atoms with Crippen LogP contribution in [0.4, 0.5) is 0 Å². The van der Waals surface area contributed by atoms with E-state index in [1.54, 1.807) is 22.4 Å². The third-order valence-electron chi connectivity index (χ3n) is 4.25. The van der Waals surface area contributed by atoms with E-state index in [-0.39, 0.29) is 5.56 Å². The molecule has 0 saturated heterocycles. The van der Waals surface area contributed by atoms with Crippen LogP contribution in [0.5, 0.6) is 5.75 Å². The van der Waals surface area contributed by atoms with Crippen molar-refractivity contribution in [3.63, 3.8) is 0 Å². The van der Waals surface area contributed by atoms with E-state index in [9.17, 15) is 4.79 Å². The van der Waals surface area contributed by atoms with Gasteiger partial charge in [0.2, 0.25) is 5.82 Å². The molecule has 0 saturated carbocycles. The highest BCUT2D eigenvalue weighted by Crippen LogP contribution is 2.25. The quantitative estimate of drug-likeness (QED) is 0.579. The fourth-order valence-corrected chi connectivity index (χ4v) is 3.06. The molecule has 7 nitrogen and oxygen atoms in total. The minimum absolute atomic E-state index is 0.0769. The van der Waals surface area contributed by atoms with Crippen LogP contribution in [0.1, 0.15) is 12.7 Å². The summed E-state index contributed by atoms with van der Waals surface area (Å²) in [7, 11) is 1.62. The van der Waals surface area contributed by atoms with Crippen molar-refractivity contribution in [1.82, 2.24) is 19.6 Å². The zero-order valence-electron chi connectivity index (χ0n) is 14.3. The first-order valence-electron chi connectivity index (χ1n) is 8.08. The number of pyridine rings is 1. The first-order valence-corrected chi connectivity index (χ1v) is 8.08. The van der Waals surface area contributed by atoms with Crippen LogP contribution >= 0.6 is 0 Å². The number of nitrogens with one attached hydrogen (secondary N) is 1. The van der Waals surface area contributed by atoms with Crippen molar-refractivity contribution in [2.45, 2.75) is 20.4 Å². The number of ether oxygens (including phenoxy) is 1. The van der Waals surface area contributed by atoms with Gasteiger partial charge in [0.05, 0.1) is 7.11 Å². The molecule has 0 radical (unpaired) electrons. The van der Waals surface area contributed by atoms with Crippen LogP contribution in [-0.4, -0.2) is 26.7 Å². The highest BCUT2D eigenvalue weighted by molar-refractivity contribution is 5.90. The molecule has 4 aromatic rings. The minimum atomic E-state index is -0.0769. The summed E-state index contributed by atoms with van der Waals surface area (Å²) in [5.74, 6) is 1.97. The fraction of sp³-hybridized carbons (Fsp3) is 0.222. The Kier molecular flexibility index (Phi) is 3.49. The average molecular weight is 336 g/mol. The normalized spacial score (nSPS) is 11.3. The van der Waals surface area contributed by atoms with E-state index >= 15 is 0 Å². The number of aromatic nitrogens is 5. The van der Waals surface area contributed by atoms with Crippen molar-refractivity contribution in [1.29, 1.82) is 0 Å². The smallest absolute Gasteiger partial charge is 0.458 e. The molecule has 0 amide bonds. The highest BCUT2D eigenvalue weighted by atomic mass is 16.5. The standard InChI is InChI=1S/C18H17N5O2/c1-4-22-9-8-14-15(17(22)24)16(12-6-5-7-13(10-12)25-3)23-18(20-14)19-11(2)21-23/h5-10H,4H2,1-3H3/p+1. The Bertz CT molecular complexity index is 1160. The number of hydrogen-bond acceptors (Lipinski definition) is 4. The van der Waals surface area contributed by atoms with Gasteiger partial charge in [0.15, 0.2) is 11.2 Å². The third-order valence-corrected chi connectivity index (χ3v) is 4.25. The molecular weight excluding hydrogens is 318 g/mol. The summed E-state index contributed by atoms with van der Waals surface area (Å²) < 4.78 is 8.77. The summed E-state index contributed by atoms with van der Waals surface area (Å²) in [5.41, 5.74) is 2.13. The van der Waals surface area contributed by atoms with Crippen molar-refractivity contribution >= 4 is 16.7 Å². The van der Waals surface area contributed by atoms with Gasteiger partial charge in [0, 0.05) is 25.2 Å². The van der Waals surface area contributed by atoms with Gasteiger partial charge in [0.1, 0.15) is 11.1 Å². The van der Waals surface area contributed by atoms with Crippen molar-refractivity contribution in [3.8, 4) is 17.0 Å². The molecule has 0 unspecified atom stereocenters. The molecule has 1 aromatic carbocycles. The van der Waals surface area contributed by atoms with Crippen molar-refractivity contribution < 1.29 is 9.25 Å². The van der Waals surface area contributed by atoms with Gasteiger partial charge in [-0.1, -0.05) is 22.1 Å². The van der Waals surface area contributed by atoms with E-state index in [1.165, 1.54) is 0 Å². The Morgan fingerprint density at radius 2 is 2.12 bits per heavy atom. The monoisotopic (exact) mass is 336 g/mol. The molecule has 4 rings (SSSR count). The van der Waals surface area contributed by atoms with Gasteiger partial charge in [-0.05, 0) is 25.1 Å². The number of H-pyrrole nitrogens is 1. The lowest BCUT2D eigenvalue weighted by atomic mass is 10.1. The summed E-state index contributed by atoms with van der Waals surface area (Å²) in [6, 6.07) is 9.48. The molecule has 0 aliphatic carbocycles. The second-order valence-electron chi connectivity index (χ2n) is 5.80. The van der Waals surface area contributed by atoms with Gasteiger partial charge in [-0.2, -0.15) is 0 Å². The summed E-state index contributed by atoms with van der Waals surface area (Å²) in [6.07, 6.45) is 1.77. The molecule has 0 aliphatic rings. The average Bonchev–Trinajstić information content (AvgIpc) is 3.00. The van der Waals surface area contributed by atoms with E-state index in [1.807, 2.05) is 44.2 Å². The fourth-order valence-electron chi connectivity index (χ4n) is 3.06. The van der Waals surface area contributed by atoms with Crippen LogP contribution in [0.15, 0.2) is 41.3 Å². The molecular formula is C18H18N5O2+. The maximum atomic E-state index is 13.0. The first-order chi connectivity index (χ1) is 12.1. The summed E-state index contributed by atoms with van der Waals surface area (Å²) in [6.45, 7) is 4.40. The van der Waals surface area contributed by atoms with Gasteiger partial charge in [-0.15, -0.1) is 4.52 Å². The number of aryl methyl sites for hydroxylation is 2. The molecule has 0 fully saturated rings. The Labute approximate surface area is 143 Å². The van der Waals surface area contributed by atoms with Crippen molar-refractivity contribution in [2.75, 3.05) is 7.11 Å². The predicted molar refractivity (Wildman–Crippen MR) is 93.7 cm³/mol. The van der Waals surface area contributed by atoms with Crippen LogP contribution in [0.2, 0.25) is 0 Å². The second-order valence-corrected chi connectivity index (χ2v) is 5.80. The van der Waals surface area contributed by atoms with E-state index in [0.717, 1.165) is 22.8 Å². The zero-order valence-corrected chi connectivity index (χ0v) is 14.3.